The second-order valence-electron chi connectivity index (χ2n) is 3.25. The Kier molecular flexibility index (Phi) is 1.78. The number of hydrogen-bond donors (Lipinski definition) is 1. The third kappa shape index (κ3) is 1.80. The number of likely N-dealkylation sites (N-methyl/N-ethyl adjacent to an activating group) is 1. The Labute approximate surface area is 92.4 Å². The molecule has 1 aliphatic rings. The number of ketones is 1. The first kappa shape index (κ1) is 6.85. The molecule has 2 rings (SSSR count). The molecule has 0 amide bonds. The minimum atomic E-state index is -1.25. The van der Waals surface area contributed by atoms with Crippen molar-refractivity contribution in [2.75, 3.05) is 13.8 Å². The first-order valence-electron chi connectivity index (χ1n) is 6.25. The predicted octanol–water partition coefficient (Wildman–Crippen LogP) is 1.21. The van der Waals surface area contributed by atoms with E-state index < -0.39 is 19.8 Å². The molecule has 4 nitrogen and oxygen atoms in total. The number of carbonyl (C=O) groups excluding carboxylic acids is 1. The van der Waals surface area contributed by atoms with Gasteiger partial charge >= 0.3 is 0 Å². The Bertz CT molecular complexity index is 467. The van der Waals surface area contributed by atoms with Gasteiger partial charge in [0.2, 0.25) is 6.77 Å². The van der Waals surface area contributed by atoms with Gasteiger partial charge in [0.25, 0.3) is 0 Å². The van der Waals surface area contributed by atoms with Gasteiger partial charge in [0.1, 0.15) is 1.37 Å². The topological polar surface area (TPSA) is 47.6 Å². The number of carbonyl (C=O) groups is 1. The molecular weight excluding hydrogens is 194 g/mol. The lowest BCUT2D eigenvalue weighted by molar-refractivity contribution is 0.0954. The minimum Gasteiger partial charge on any atom is -0.454 e. The minimum absolute atomic E-state index is 0.237. The Morgan fingerprint density at radius 3 is 3.20 bits per heavy atom. The van der Waals surface area contributed by atoms with E-state index in [2.05, 4.69) is 5.32 Å². The number of benzene rings is 1. The number of hydrogen-bond acceptors (Lipinski definition) is 4. The molecule has 1 heterocycles. The van der Waals surface area contributed by atoms with Crippen molar-refractivity contribution < 1.29 is 18.4 Å². The smallest absolute Gasteiger partial charge is 0.231 e. The van der Waals surface area contributed by atoms with Crippen molar-refractivity contribution >= 4 is 5.78 Å². The Morgan fingerprint density at radius 2 is 2.40 bits per heavy atom. The van der Waals surface area contributed by atoms with Gasteiger partial charge in [0.15, 0.2) is 17.3 Å². The van der Waals surface area contributed by atoms with Crippen LogP contribution < -0.4 is 14.8 Å². The van der Waals surface area contributed by atoms with E-state index in [9.17, 15) is 4.79 Å². The molecule has 0 saturated heterocycles. The van der Waals surface area contributed by atoms with Crippen molar-refractivity contribution in [1.29, 1.82) is 0 Å². The zero-order valence-electron chi connectivity index (χ0n) is 11.2. The maximum Gasteiger partial charge on any atom is 0.231 e. The van der Waals surface area contributed by atoms with Gasteiger partial charge in [-0.3, -0.25) is 4.79 Å². The second kappa shape index (κ2) is 3.90. The van der Waals surface area contributed by atoms with Gasteiger partial charge in [0.05, 0.1) is 6.04 Å². The molecule has 4 heteroatoms. The van der Waals surface area contributed by atoms with E-state index in [-0.39, 0.29) is 5.78 Å². The molecule has 0 fully saturated rings. The van der Waals surface area contributed by atoms with E-state index in [0.29, 0.717) is 17.1 Å². The van der Waals surface area contributed by atoms with E-state index in [0.717, 1.165) is 0 Å². The molecule has 0 bridgehead atoms. The van der Waals surface area contributed by atoms with Gasteiger partial charge in [-0.15, -0.1) is 0 Å². The van der Waals surface area contributed by atoms with Gasteiger partial charge in [-0.2, -0.15) is 0 Å². The maximum atomic E-state index is 12.0. The highest BCUT2D eigenvalue weighted by Crippen LogP contribution is 2.32. The zero-order valence-corrected chi connectivity index (χ0v) is 8.19. The average Bonchev–Trinajstić information content (AvgIpc) is 2.65. The molecule has 0 saturated carbocycles. The van der Waals surface area contributed by atoms with Crippen LogP contribution in [0.1, 0.15) is 21.4 Å². The quantitative estimate of drug-likeness (QED) is 0.762. The fourth-order valence-electron chi connectivity index (χ4n) is 1.30. The van der Waals surface area contributed by atoms with Crippen LogP contribution in [-0.4, -0.2) is 25.6 Å². The van der Waals surface area contributed by atoms with Gasteiger partial charge in [-0.25, -0.2) is 0 Å². The lowest BCUT2D eigenvalue weighted by atomic mass is 10.1. The summed E-state index contributed by atoms with van der Waals surface area (Å²) < 4.78 is 31.5. The van der Waals surface area contributed by atoms with Gasteiger partial charge < -0.3 is 14.8 Å². The fraction of sp³-hybridized carbons (Fsp3) is 0.364. The summed E-state index contributed by atoms with van der Waals surface area (Å²) in [4.78, 5) is 12.0. The Morgan fingerprint density at radius 1 is 1.60 bits per heavy atom. The number of rotatable bonds is 3. The highest BCUT2D eigenvalue weighted by atomic mass is 16.7. The lowest BCUT2D eigenvalue weighted by Crippen LogP contribution is -2.30. The standard InChI is InChI=1S/C11H13NO3/c1-7(12-2)11(13)8-3-4-9-10(5-8)15-6-14-9/h3-5,7,12H,6H2,1-2H3/t7-/m0/s1/i2D2,6D/t6?,7-. The number of fused-ring (bicyclic) bond motifs is 1. The molecule has 1 aromatic carbocycles. The molecule has 0 aromatic heterocycles. The summed E-state index contributed by atoms with van der Waals surface area (Å²) in [5, 5.41) is 2.49. The van der Waals surface area contributed by atoms with Crippen LogP contribution in [0.4, 0.5) is 0 Å². The van der Waals surface area contributed by atoms with Crippen LogP contribution >= 0.6 is 0 Å². The van der Waals surface area contributed by atoms with Crippen molar-refractivity contribution in [2.24, 2.45) is 0 Å². The van der Waals surface area contributed by atoms with Gasteiger partial charge in [-0.1, -0.05) is 0 Å². The van der Waals surface area contributed by atoms with Gasteiger partial charge in [0, 0.05) is 8.30 Å². The highest BCUT2D eigenvalue weighted by molar-refractivity contribution is 6.00. The van der Waals surface area contributed by atoms with Crippen molar-refractivity contribution in [2.45, 2.75) is 13.0 Å². The molecule has 1 unspecified atom stereocenters. The number of nitrogens with one attached hydrogen (secondary N) is 1. The van der Waals surface area contributed by atoms with E-state index in [1.807, 2.05) is 0 Å². The zero-order chi connectivity index (χ0) is 13.3. The van der Waals surface area contributed by atoms with E-state index in [4.69, 9.17) is 13.6 Å². The van der Waals surface area contributed by atoms with Crippen molar-refractivity contribution in [3.63, 3.8) is 0 Å². The van der Waals surface area contributed by atoms with Crippen molar-refractivity contribution in [3.05, 3.63) is 23.8 Å². The monoisotopic (exact) mass is 210 g/mol. The molecule has 80 valence electrons. The van der Waals surface area contributed by atoms with E-state index in [1.165, 1.54) is 6.07 Å². The molecule has 0 spiro atoms. The van der Waals surface area contributed by atoms with E-state index in [1.54, 1.807) is 19.1 Å². The Balaban J connectivity index is 2.15. The highest BCUT2D eigenvalue weighted by Gasteiger charge is 2.18. The van der Waals surface area contributed by atoms with Crippen molar-refractivity contribution in [3.8, 4) is 11.5 Å². The van der Waals surface area contributed by atoms with Crippen LogP contribution in [0.5, 0.6) is 11.5 Å². The molecule has 1 N–H and O–H groups in total. The van der Waals surface area contributed by atoms with Crippen LogP contribution in [0.3, 0.4) is 0 Å². The van der Waals surface area contributed by atoms with Crippen LogP contribution in [0.15, 0.2) is 18.2 Å². The number of ether oxygens (including phenoxy) is 2. The molecule has 2 atom stereocenters. The van der Waals surface area contributed by atoms with Crippen LogP contribution in [0, 0.1) is 0 Å². The first-order valence-corrected chi connectivity index (χ1v) is 4.52. The summed E-state index contributed by atoms with van der Waals surface area (Å²) in [5.41, 5.74) is 0.395. The van der Waals surface area contributed by atoms with E-state index >= 15 is 0 Å². The summed E-state index contributed by atoms with van der Waals surface area (Å²) in [6.07, 6.45) is 0. The Hall–Kier alpha value is -1.55. The fourth-order valence-corrected chi connectivity index (χ4v) is 1.30. The largest absolute Gasteiger partial charge is 0.454 e. The third-order valence-corrected chi connectivity index (χ3v) is 2.22. The molecular formula is C11H13NO3. The summed E-state index contributed by atoms with van der Waals surface area (Å²) in [7, 11) is 0. The molecule has 1 aliphatic heterocycles. The third-order valence-electron chi connectivity index (χ3n) is 2.22. The summed E-state index contributed by atoms with van der Waals surface area (Å²) in [5.74, 6) is 0.562. The van der Waals surface area contributed by atoms with Crippen LogP contribution in [0.25, 0.3) is 0 Å². The number of Topliss-reactive ketones (excluding diaryl/α,β-unsaturated/α-hetero) is 1. The molecule has 15 heavy (non-hydrogen) atoms. The normalized spacial score (nSPS) is 23.1. The predicted molar refractivity (Wildman–Crippen MR) is 55.4 cm³/mol. The van der Waals surface area contributed by atoms with Crippen molar-refractivity contribution in [1.82, 2.24) is 5.32 Å². The molecule has 0 radical (unpaired) electrons. The first-order chi connectivity index (χ1) is 8.47. The summed E-state index contributed by atoms with van der Waals surface area (Å²) in [6.45, 7) is -0.752. The molecule has 0 aliphatic carbocycles. The average molecular weight is 210 g/mol. The second-order valence-corrected chi connectivity index (χ2v) is 3.25. The van der Waals surface area contributed by atoms with Crippen LogP contribution in [0.2, 0.25) is 0 Å². The van der Waals surface area contributed by atoms with Gasteiger partial charge in [-0.05, 0) is 32.1 Å². The molecule has 1 aromatic rings. The SMILES string of the molecule is [2H]C([2H])N[C@@H](C)C(=O)c1ccc2c(c1)OC([2H])O2. The van der Waals surface area contributed by atoms with Crippen LogP contribution in [-0.2, 0) is 0 Å². The summed E-state index contributed by atoms with van der Waals surface area (Å²) >= 11 is 0. The maximum absolute atomic E-state index is 12.0. The lowest BCUT2D eigenvalue weighted by Gasteiger charge is -2.09. The summed E-state index contributed by atoms with van der Waals surface area (Å²) in [6, 6.07) is 4.02.